The number of rotatable bonds is 6. The van der Waals surface area contributed by atoms with Crippen LogP contribution in [0.4, 0.5) is 0 Å². The number of benzene rings is 1. The van der Waals surface area contributed by atoms with Gasteiger partial charge in [0.25, 0.3) is 0 Å². The Kier molecular flexibility index (Phi) is 4.60. The lowest BCUT2D eigenvalue weighted by atomic mass is 10.1. The minimum atomic E-state index is 0.427. The molecule has 2 nitrogen and oxygen atoms in total. The van der Waals surface area contributed by atoms with Gasteiger partial charge in [0.1, 0.15) is 0 Å². The fourth-order valence-electron chi connectivity index (χ4n) is 2.02. The highest BCUT2D eigenvalue weighted by Crippen LogP contribution is 2.24. The van der Waals surface area contributed by atoms with E-state index in [1.165, 1.54) is 18.4 Å². The van der Waals surface area contributed by atoms with Gasteiger partial charge in [0.05, 0.1) is 0 Å². The highest BCUT2D eigenvalue weighted by atomic mass is 79.9. The molecule has 1 aliphatic rings. The third-order valence-corrected chi connectivity index (χ3v) is 3.98. The second-order valence-electron chi connectivity index (χ2n) is 4.94. The van der Waals surface area contributed by atoms with Gasteiger partial charge in [-0.15, -0.1) is 0 Å². The Bertz CT molecular complexity index is 346. The van der Waals surface area contributed by atoms with E-state index in [-0.39, 0.29) is 0 Å². The molecule has 0 heterocycles. The summed E-state index contributed by atoms with van der Waals surface area (Å²) in [5.41, 5.74) is 1.35. The number of nitrogens with zero attached hydrogens (tertiary/aromatic N) is 1. The molecule has 1 fully saturated rings. The van der Waals surface area contributed by atoms with Gasteiger partial charge in [0.15, 0.2) is 0 Å². The van der Waals surface area contributed by atoms with Crippen LogP contribution >= 0.6 is 15.9 Å². The molecule has 1 atom stereocenters. The summed E-state index contributed by atoms with van der Waals surface area (Å²) in [4.78, 5) is 2.46. The molecule has 94 valence electrons. The van der Waals surface area contributed by atoms with Crippen molar-refractivity contribution in [3.05, 3.63) is 34.3 Å². The molecule has 1 saturated carbocycles. The summed E-state index contributed by atoms with van der Waals surface area (Å²) in [6.45, 7) is 4.43. The van der Waals surface area contributed by atoms with E-state index >= 15 is 0 Å². The molecular weight excluding hydrogens is 276 g/mol. The molecule has 0 bridgehead atoms. The molecule has 0 radical (unpaired) electrons. The fraction of sp³-hybridized carbons (Fsp3) is 0.571. The minimum absolute atomic E-state index is 0.427. The van der Waals surface area contributed by atoms with E-state index in [1.807, 2.05) is 0 Å². The van der Waals surface area contributed by atoms with Gasteiger partial charge in [-0.2, -0.15) is 0 Å². The molecule has 0 amide bonds. The van der Waals surface area contributed by atoms with Crippen LogP contribution in [-0.2, 0) is 0 Å². The first-order valence-corrected chi connectivity index (χ1v) is 7.15. The second-order valence-corrected chi connectivity index (χ2v) is 5.85. The Balaban J connectivity index is 1.72. The summed E-state index contributed by atoms with van der Waals surface area (Å²) in [6.07, 6.45) is 2.78. The molecule has 1 aromatic rings. The number of nitrogens with one attached hydrogen (secondary N) is 1. The van der Waals surface area contributed by atoms with E-state index in [0.29, 0.717) is 6.04 Å². The molecule has 1 N–H and O–H groups in total. The normalized spacial score (nSPS) is 17.4. The number of hydrogen-bond donors (Lipinski definition) is 1. The fourth-order valence-corrected chi connectivity index (χ4v) is 2.29. The summed E-state index contributed by atoms with van der Waals surface area (Å²) in [5.74, 6) is 0. The summed E-state index contributed by atoms with van der Waals surface area (Å²) in [5, 5.41) is 3.57. The third-order valence-electron chi connectivity index (χ3n) is 3.46. The van der Waals surface area contributed by atoms with Gasteiger partial charge < -0.3 is 10.2 Å². The number of likely N-dealkylation sites (N-methyl/N-ethyl adjacent to an activating group) is 1. The van der Waals surface area contributed by atoms with Crippen molar-refractivity contribution in [2.24, 2.45) is 0 Å². The molecule has 3 heteroatoms. The molecule has 0 saturated heterocycles. The second kappa shape index (κ2) is 5.98. The van der Waals surface area contributed by atoms with E-state index in [0.717, 1.165) is 23.6 Å². The maximum Gasteiger partial charge on any atom is 0.0292 e. The van der Waals surface area contributed by atoms with Gasteiger partial charge in [-0.1, -0.05) is 28.1 Å². The molecule has 1 aromatic carbocycles. The van der Waals surface area contributed by atoms with E-state index in [4.69, 9.17) is 0 Å². The van der Waals surface area contributed by atoms with Gasteiger partial charge >= 0.3 is 0 Å². The molecule has 0 aliphatic heterocycles. The average Bonchev–Trinajstić information content (AvgIpc) is 3.13. The molecule has 0 aromatic heterocycles. The van der Waals surface area contributed by atoms with E-state index in [9.17, 15) is 0 Å². The van der Waals surface area contributed by atoms with Gasteiger partial charge in [0, 0.05) is 29.6 Å². The smallest absolute Gasteiger partial charge is 0.0292 e. The largest absolute Gasteiger partial charge is 0.309 e. The monoisotopic (exact) mass is 296 g/mol. The van der Waals surface area contributed by atoms with Crippen LogP contribution in [0.15, 0.2) is 28.7 Å². The minimum Gasteiger partial charge on any atom is -0.309 e. The zero-order valence-corrected chi connectivity index (χ0v) is 12.2. The maximum absolute atomic E-state index is 3.57. The molecule has 2 rings (SSSR count). The Morgan fingerprint density at radius 2 is 2.00 bits per heavy atom. The van der Waals surface area contributed by atoms with Crippen LogP contribution < -0.4 is 5.32 Å². The van der Waals surface area contributed by atoms with E-state index in [2.05, 4.69) is 64.4 Å². The Hall–Kier alpha value is -0.380. The van der Waals surface area contributed by atoms with Crippen LogP contribution in [0.25, 0.3) is 0 Å². The van der Waals surface area contributed by atoms with Crippen molar-refractivity contribution < 1.29 is 0 Å². The van der Waals surface area contributed by atoms with E-state index < -0.39 is 0 Å². The summed E-state index contributed by atoms with van der Waals surface area (Å²) >= 11 is 3.46. The van der Waals surface area contributed by atoms with Gasteiger partial charge in [0.2, 0.25) is 0 Å². The standard InChI is InChI=1S/C14H21BrN2/c1-11(12-3-5-13(15)6-4-12)16-9-10-17(2)14-7-8-14/h3-6,11,14,16H,7-10H2,1-2H3. The van der Waals surface area contributed by atoms with Crippen molar-refractivity contribution in [3.63, 3.8) is 0 Å². The SMILES string of the molecule is CC(NCCN(C)C1CC1)c1ccc(Br)cc1. The lowest BCUT2D eigenvalue weighted by Crippen LogP contribution is -2.31. The lowest BCUT2D eigenvalue weighted by Gasteiger charge is -2.19. The zero-order valence-electron chi connectivity index (χ0n) is 10.6. The van der Waals surface area contributed by atoms with Crippen molar-refractivity contribution in [2.75, 3.05) is 20.1 Å². The first-order valence-electron chi connectivity index (χ1n) is 6.36. The maximum atomic E-state index is 3.57. The predicted molar refractivity (Wildman–Crippen MR) is 76.2 cm³/mol. The first-order chi connectivity index (χ1) is 8.16. The number of halogens is 1. The Morgan fingerprint density at radius 3 is 2.59 bits per heavy atom. The molecule has 1 aliphatic carbocycles. The van der Waals surface area contributed by atoms with Crippen molar-refractivity contribution in [1.82, 2.24) is 10.2 Å². The average molecular weight is 297 g/mol. The Morgan fingerprint density at radius 1 is 1.35 bits per heavy atom. The van der Waals surface area contributed by atoms with Crippen molar-refractivity contribution in [2.45, 2.75) is 31.8 Å². The van der Waals surface area contributed by atoms with Crippen molar-refractivity contribution in [1.29, 1.82) is 0 Å². The highest BCUT2D eigenvalue weighted by Gasteiger charge is 2.25. The van der Waals surface area contributed by atoms with Crippen LogP contribution in [0.5, 0.6) is 0 Å². The molecule has 0 spiro atoms. The van der Waals surface area contributed by atoms with Crippen LogP contribution in [0.3, 0.4) is 0 Å². The lowest BCUT2D eigenvalue weighted by molar-refractivity contribution is 0.316. The molecular formula is C14H21BrN2. The number of hydrogen-bond acceptors (Lipinski definition) is 2. The third kappa shape index (κ3) is 4.09. The van der Waals surface area contributed by atoms with Crippen LogP contribution in [0.1, 0.15) is 31.4 Å². The summed E-state index contributed by atoms with van der Waals surface area (Å²) in [6, 6.07) is 9.84. The van der Waals surface area contributed by atoms with Crippen LogP contribution in [-0.4, -0.2) is 31.1 Å². The zero-order chi connectivity index (χ0) is 12.3. The highest BCUT2D eigenvalue weighted by molar-refractivity contribution is 9.10. The quantitative estimate of drug-likeness (QED) is 0.867. The van der Waals surface area contributed by atoms with Crippen LogP contribution in [0, 0.1) is 0 Å². The topological polar surface area (TPSA) is 15.3 Å². The van der Waals surface area contributed by atoms with Crippen molar-refractivity contribution >= 4 is 15.9 Å². The Labute approximate surface area is 113 Å². The predicted octanol–water partition coefficient (Wildman–Crippen LogP) is 3.19. The van der Waals surface area contributed by atoms with Gasteiger partial charge in [-0.05, 0) is 44.5 Å². The summed E-state index contributed by atoms with van der Waals surface area (Å²) < 4.78 is 1.14. The first kappa shape index (κ1) is 13.1. The van der Waals surface area contributed by atoms with E-state index in [1.54, 1.807) is 0 Å². The molecule has 17 heavy (non-hydrogen) atoms. The summed E-state index contributed by atoms with van der Waals surface area (Å²) in [7, 11) is 2.23. The van der Waals surface area contributed by atoms with Gasteiger partial charge in [-0.25, -0.2) is 0 Å². The van der Waals surface area contributed by atoms with Crippen LogP contribution in [0.2, 0.25) is 0 Å². The van der Waals surface area contributed by atoms with Crippen molar-refractivity contribution in [3.8, 4) is 0 Å². The molecule has 1 unspecified atom stereocenters. The van der Waals surface area contributed by atoms with Gasteiger partial charge in [-0.3, -0.25) is 0 Å².